The topological polar surface area (TPSA) is 114 Å². The number of benzene rings is 1. The first-order chi connectivity index (χ1) is 16.4. The molecular formula is C23H26N8O3. The van der Waals surface area contributed by atoms with E-state index >= 15 is 0 Å². The van der Waals surface area contributed by atoms with Gasteiger partial charge in [0, 0.05) is 50.2 Å². The largest absolute Gasteiger partial charge is 0.494 e. The number of anilines is 3. The number of pyridine rings is 1. The normalized spacial score (nSPS) is 11.1. The molecule has 0 aliphatic carbocycles. The summed E-state index contributed by atoms with van der Waals surface area (Å²) in [7, 11) is 7.36. The third-order valence-corrected chi connectivity index (χ3v) is 5.39. The van der Waals surface area contributed by atoms with Gasteiger partial charge in [-0.25, -0.2) is 14.5 Å². The summed E-state index contributed by atoms with van der Waals surface area (Å²) < 4.78 is 7.30. The maximum atomic E-state index is 11.9. The molecule has 0 aliphatic heterocycles. The van der Waals surface area contributed by atoms with Crippen LogP contribution in [0.1, 0.15) is 0 Å². The van der Waals surface area contributed by atoms with Crippen molar-refractivity contribution in [1.82, 2.24) is 24.5 Å². The van der Waals surface area contributed by atoms with Crippen LogP contribution in [0.5, 0.6) is 5.75 Å². The quantitative estimate of drug-likeness (QED) is 0.295. The van der Waals surface area contributed by atoms with Crippen molar-refractivity contribution in [1.29, 1.82) is 0 Å². The number of rotatable bonds is 9. The summed E-state index contributed by atoms with van der Waals surface area (Å²) in [6.45, 7) is 1.47. The van der Waals surface area contributed by atoms with Gasteiger partial charge in [-0.3, -0.25) is 10.1 Å². The Hall–Kier alpha value is -4.25. The molecule has 3 aromatic heterocycles. The zero-order valence-electron chi connectivity index (χ0n) is 19.5. The Balaban J connectivity index is 1.68. The Labute approximate surface area is 196 Å². The van der Waals surface area contributed by atoms with Gasteiger partial charge >= 0.3 is 0 Å². The van der Waals surface area contributed by atoms with Crippen LogP contribution in [0.25, 0.3) is 16.8 Å². The van der Waals surface area contributed by atoms with E-state index < -0.39 is 4.92 Å². The molecule has 0 spiro atoms. The minimum Gasteiger partial charge on any atom is -0.494 e. The van der Waals surface area contributed by atoms with Crippen molar-refractivity contribution in [3.05, 3.63) is 65.1 Å². The lowest BCUT2D eigenvalue weighted by molar-refractivity contribution is -0.383. The van der Waals surface area contributed by atoms with Crippen molar-refractivity contribution in [2.45, 2.75) is 0 Å². The Morgan fingerprint density at radius 2 is 2.00 bits per heavy atom. The molecule has 0 unspecified atom stereocenters. The number of nitro benzene ring substituents is 1. The number of likely N-dealkylation sites (N-methyl/N-ethyl adjacent to an activating group) is 2. The molecule has 176 valence electrons. The first kappa shape index (κ1) is 22.9. The molecule has 4 rings (SSSR count). The second kappa shape index (κ2) is 9.71. The van der Waals surface area contributed by atoms with Crippen LogP contribution in [0.15, 0.2) is 55.0 Å². The van der Waals surface area contributed by atoms with Crippen LogP contribution >= 0.6 is 0 Å². The zero-order chi connectivity index (χ0) is 24.2. The number of methoxy groups -OCH3 is 1. The van der Waals surface area contributed by atoms with Gasteiger partial charge in [0.1, 0.15) is 11.4 Å². The van der Waals surface area contributed by atoms with E-state index in [0.29, 0.717) is 23.7 Å². The lowest BCUT2D eigenvalue weighted by Crippen LogP contribution is -2.28. The smallest absolute Gasteiger partial charge is 0.295 e. The van der Waals surface area contributed by atoms with Crippen LogP contribution in [-0.4, -0.2) is 70.7 Å². The summed E-state index contributed by atoms with van der Waals surface area (Å²) in [6, 6.07) is 10.6. The van der Waals surface area contributed by atoms with E-state index in [4.69, 9.17) is 4.74 Å². The Morgan fingerprint density at radius 3 is 2.74 bits per heavy atom. The van der Waals surface area contributed by atoms with Crippen molar-refractivity contribution in [3.8, 4) is 17.0 Å². The first-order valence-corrected chi connectivity index (χ1v) is 10.6. The van der Waals surface area contributed by atoms with Crippen molar-refractivity contribution >= 4 is 28.5 Å². The van der Waals surface area contributed by atoms with Crippen LogP contribution in [0.4, 0.5) is 23.0 Å². The number of hydrogen-bond acceptors (Lipinski definition) is 9. The van der Waals surface area contributed by atoms with E-state index in [2.05, 4.69) is 20.4 Å². The summed E-state index contributed by atoms with van der Waals surface area (Å²) in [6.07, 6.45) is 5.18. The molecule has 0 radical (unpaired) electrons. The highest BCUT2D eigenvalue weighted by Gasteiger charge is 2.22. The Bertz CT molecular complexity index is 1320. The van der Waals surface area contributed by atoms with E-state index in [-0.39, 0.29) is 17.3 Å². The molecular weight excluding hydrogens is 436 g/mol. The van der Waals surface area contributed by atoms with Gasteiger partial charge in [-0.1, -0.05) is 6.07 Å². The maximum absolute atomic E-state index is 11.9. The number of fused-ring (bicyclic) bond motifs is 1. The fourth-order valence-electron chi connectivity index (χ4n) is 3.56. The van der Waals surface area contributed by atoms with Gasteiger partial charge < -0.3 is 19.9 Å². The van der Waals surface area contributed by atoms with Crippen molar-refractivity contribution in [2.75, 3.05) is 51.6 Å². The number of hydrogen-bond donors (Lipinski definition) is 1. The fourth-order valence-corrected chi connectivity index (χ4v) is 3.56. The molecule has 4 aromatic rings. The van der Waals surface area contributed by atoms with Gasteiger partial charge in [0.25, 0.3) is 5.69 Å². The van der Waals surface area contributed by atoms with Gasteiger partial charge in [-0.2, -0.15) is 5.10 Å². The minimum absolute atomic E-state index is 0.0995. The van der Waals surface area contributed by atoms with Gasteiger partial charge in [0.15, 0.2) is 0 Å². The molecule has 0 saturated heterocycles. The summed E-state index contributed by atoms with van der Waals surface area (Å²) in [4.78, 5) is 24.3. The van der Waals surface area contributed by atoms with E-state index in [1.807, 2.05) is 55.3 Å². The molecule has 3 heterocycles. The molecule has 0 amide bonds. The average molecular weight is 463 g/mol. The van der Waals surface area contributed by atoms with Gasteiger partial charge in [0.2, 0.25) is 5.95 Å². The van der Waals surface area contributed by atoms with E-state index in [1.165, 1.54) is 13.2 Å². The zero-order valence-corrected chi connectivity index (χ0v) is 19.5. The molecule has 11 nitrogen and oxygen atoms in total. The highest BCUT2D eigenvalue weighted by molar-refractivity contribution is 5.79. The number of ether oxygens (including phenoxy) is 1. The molecule has 11 heteroatoms. The van der Waals surface area contributed by atoms with Crippen molar-refractivity contribution in [3.63, 3.8) is 0 Å². The van der Waals surface area contributed by atoms with E-state index in [1.54, 1.807) is 29.0 Å². The molecule has 0 saturated carbocycles. The van der Waals surface area contributed by atoms with E-state index in [0.717, 1.165) is 17.6 Å². The molecule has 0 atom stereocenters. The van der Waals surface area contributed by atoms with E-state index in [9.17, 15) is 10.1 Å². The lowest BCUT2D eigenvalue weighted by atomic mass is 10.2. The molecule has 1 aromatic carbocycles. The summed E-state index contributed by atoms with van der Waals surface area (Å²) in [5, 5.41) is 19.2. The van der Waals surface area contributed by atoms with Crippen molar-refractivity contribution < 1.29 is 9.66 Å². The summed E-state index contributed by atoms with van der Waals surface area (Å²) in [5.41, 5.74) is 3.14. The van der Waals surface area contributed by atoms with Crippen molar-refractivity contribution in [2.24, 2.45) is 0 Å². The molecule has 34 heavy (non-hydrogen) atoms. The summed E-state index contributed by atoms with van der Waals surface area (Å²) in [5.74, 6) is 0.736. The molecule has 0 bridgehead atoms. The number of nitrogens with one attached hydrogen (secondary N) is 1. The Kier molecular flexibility index (Phi) is 6.55. The highest BCUT2D eigenvalue weighted by Crippen LogP contribution is 2.39. The summed E-state index contributed by atoms with van der Waals surface area (Å²) >= 11 is 0. The monoisotopic (exact) mass is 462 g/mol. The predicted molar refractivity (Wildman–Crippen MR) is 131 cm³/mol. The van der Waals surface area contributed by atoms with Crippen LogP contribution in [-0.2, 0) is 0 Å². The third kappa shape index (κ3) is 4.74. The molecule has 0 aliphatic rings. The van der Waals surface area contributed by atoms with Gasteiger partial charge in [-0.05, 0) is 32.3 Å². The highest BCUT2D eigenvalue weighted by atomic mass is 16.6. The standard InChI is InChI=1S/C23H26N8O3/c1-28(2)11-12-29(3)21-14-20(31(32)33)18(13-22(21)34-4)27-23-24-9-8-17(26-23)16-15-25-30-10-6-5-7-19(16)30/h5-10,13-15H,11-12H2,1-4H3,(H,24,26,27). The maximum Gasteiger partial charge on any atom is 0.295 e. The number of nitro groups is 1. The van der Waals surface area contributed by atoms with Crippen LogP contribution in [0, 0.1) is 10.1 Å². The van der Waals surface area contributed by atoms with Crippen LogP contribution < -0.4 is 15.0 Å². The van der Waals surface area contributed by atoms with Crippen LogP contribution in [0.2, 0.25) is 0 Å². The lowest BCUT2D eigenvalue weighted by Gasteiger charge is -2.24. The average Bonchev–Trinajstić information content (AvgIpc) is 3.26. The Morgan fingerprint density at radius 1 is 1.18 bits per heavy atom. The fraction of sp³-hybridized carbons (Fsp3) is 0.261. The van der Waals surface area contributed by atoms with Gasteiger partial charge in [-0.15, -0.1) is 0 Å². The molecule has 0 fully saturated rings. The first-order valence-electron chi connectivity index (χ1n) is 10.6. The van der Waals surface area contributed by atoms with Gasteiger partial charge in [0.05, 0.1) is 35.1 Å². The third-order valence-electron chi connectivity index (χ3n) is 5.39. The second-order valence-electron chi connectivity index (χ2n) is 8.00. The number of nitrogens with zero attached hydrogens (tertiary/aromatic N) is 7. The molecule has 1 N–H and O–H groups in total. The predicted octanol–water partition coefficient (Wildman–Crippen LogP) is 3.45. The minimum atomic E-state index is -0.430. The second-order valence-corrected chi connectivity index (χ2v) is 8.00. The number of aromatic nitrogens is 4. The van der Waals surface area contributed by atoms with Crippen LogP contribution in [0.3, 0.4) is 0 Å². The SMILES string of the molecule is COc1cc(Nc2nccc(-c3cnn4ccccc34)n2)c([N+](=O)[O-])cc1N(C)CCN(C)C.